The Morgan fingerprint density at radius 1 is 1.33 bits per heavy atom. The number of nitrogens with one attached hydrogen (secondary N) is 1. The molecule has 3 N–H and O–H groups in total. The number of sulfonamides is 1. The second kappa shape index (κ2) is 5.47. The zero-order chi connectivity index (χ0) is 15.0. The lowest BCUT2D eigenvalue weighted by Gasteiger charge is -2.23. The number of methoxy groups -OCH3 is 1. The van der Waals surface area contributed by atoms with E-state index >= 15 is 0 Å². The molecule has 1 aromatic carbocycles. The molecular weight excluding hydrogens is 290 g/mol. The quantitative estimate of drug-likeness (QED) is 0.866. The first-order valence-corrected chi connectivity index (χ1v) is 8.75. The number of nitrogens with zero attached hydrogens (tertiary/aromatic N) is 1. The van der Waals surface area contributed by atoms with Gasteiger partial charge in [0, 0.05) is 18.6 Å². The fraction of sp³-hybridized carbons (Fsp3) is 0.571. The molecule has 3 rings (SSSR count). The van der Waals surface area contributed by atoms with Crippen LogP contribution in [0.15, 0.2) is 23.1 Å². The smallest absolute Gasteiger partial charge is 0.238 e. The summed E-state index contributed by atoms with van der Waals surface area (Å²) >= 11 is 0. The van der Waals surface area contributed by atoms with Gasteiger partial charge in [-0.15, -0.1) is 0 Å². The van der Waals surface area contributed by atoms with E-state index in [9.17, 15) is 8.42 Å². The molecule has 2 heterocycles. The molecule has 2 atom stereocenters. The predicted octanol–water partition coefficient (Wildman–Crippen LogP) is 0.991. The van der Waals surface area contributed by atoms with Crippen LogP contribution in [0.2, 0.25) is 0 Å². The lowest BCUT2D eigenvalue weighted by Crippen LogP contribution is -2.33. The van der Waals surface area contributed by atoms with Gasteiger partial charge in [0.05, 0.1) is 17.7 Å². The predicted molar refractivity (Wildman–Crippen MR) is 81.0 cm³/mol. The topological polar surface area (TPSA) is 84.7 Å². The largest absolute Gasteiger partial charge is 0.495 e. The number of benzene rings is 1. The fourth-order valence-electron chi connectivity index (χ4n) is 3.43. The van der Waals surface area contributed by atoms with E-state index in [1.807, 2.05) is 0 Å². The van der Waals surface area contributed by atoms with Crippen molar-refractivity contribution in [3.05, 3.63) is 18.2 Å². The highest BCUT2D eigenvalue weighted by atomic mass is 32.2. The standard InChI is InChI=1S/C14H21N3O3S/c1-20-14-5-4-10(21(15,18)19)9-12(14)16-11-6-8-17-7-2-3-13(11)17/h4-5,9,11,13,16H,2-3,6-8H2,1H3,(H2,15,18,19). The second-order valence-corrected chi connectivity index (χ2v) is 7.25. The third-order valence-corrected chi connectivity index (χ3v) is 5.36. The van der Waals surface area contributed by atoms with Crippen LogP contribution in [-0.4, -0.2) is 45.6 Å². The van der Waals surface area contributed by atoms with E-state index in [0.717, 1.165) is 19.5 Å². The molecule has 1 aromatic rings. The van der Waals surface area contributed by atoms with Crippen LogP contribution in [0.4, 0.5) is 5.69 Å². The van der Waals surface area contributed by atoms with Gasteiger partial charge in [-0.3, -0.25) is 4.90 Å². The van der Waals surface area contributed by atoms with Crippen LogP contribution in [0.5, 0.6) is 5.75 Å². The van der Waals surface area contributed by atoms with Crippen molar-refractivity contribution < 1.29 is 13.2 Å². The zero-order valence-electron chi connectivity index (χ0n) is 12.1. The van der Waals surface area contributed by atoms with E-state index < -0.39 is 10.0 Å². The van der Waals surface area contributed by atoms with Crippen molar-refractivity contribution in [2.24, 2.45) is 5.14 Å². The van der Waals surface area contributed by atoms with Gasteiger partial charge in [-0.1, -0.05) is 0 Å². The van der Waals surface area contributed by atoms with Gasteiger partial charge in [0.15, 0.2) is 0 Å². The SMILES string of the molecule is COc1ccc(S(N)(=O)=O)cc1NC1CCN2CCCC12. The molecule has 7 heteroatoms. The highest BCUT2D eigenvalue weighted by molar-refractivity contribution is 7.89. The number of nitrogens with two attached hydrogens (primary N) is 1. The fourth-order valence-corrected chi connectivity index (χ4v) is 3.97. The molecule has 0 aromatic heterocycles. The van der Waals surface area contributed by atoms with Crippen LogP contribution >= 0.6 is 0 Å². The number of hydrogen-bond acceptors (Lipinski definition) is 5. The Balaban J connectivity index is 1.86. The van der Waals surface area contributed by atoms with Crippen LogP contribution in [0, 0.1) is 0 Å². The Labute approximate surface area is 125 Å². The summed E-state index contributed by atoms with van der Waals surface area (Å²) in [5, 5.41) is 8.66. The molecule has 0 spiro atoms. The van der Waals surface area contributed by atoms with Crippen LogP contribution in [0.1, 0.15) is 19.3 Å². The van der Waals surface area contributed by atoms with E-state index in [2.05, 4.69) is 10.2 Å². The van der Waals surface area contributed by atoms with Gasteiger partial charge in [0.2, 0.25) is 10.0 Å². The van der Waals surface area contributed by atoms with Gasteiger partial charge in [-0.05, 0) is 44.0 Å². The Hall–Kier alpha value is -1.31. The summed E-state index contributed by atoms with van der Waals surface area (Å²) in [7, 11) is -2.13. The van der Waals surface area contributed by atoms with Crippen molar-refractivity contribution in [2.45, 2.75) is 36.2 Å². The lowest BCUT2D eigenvalue weighted by molar-refractivity contribution is 0.318. The summed E-state index contributed by atoms with van der Waals surface area (Å²) in [6.45, 7) is 2.26. The molecule has 0 saturated carbocycles. The third kappa shape index (κ3) is 2.86. The second-order valence-electron chi connectivity index (χ2n) is 5.69. The van der Waals surface area contributed by atoms with Gasteiger partial charge in [-0.25, -0.2) is 13.6 Å². The minimum atomic E-state index is -3.71. The molecule has 2 aliphatic rings. The van der Waals surface area contributed by atoms with E-state index in [0.29, 0.717) is 23.5 Å². The molecule has 2 saturated heterocycles. The van der Waals surface area contributed by atoms with Crippen molar-refractivity contribution in [1.29, 1.82) is 0 Å². The monoisotopic (exact) mass is 311 g/mol. The minimum absolute atomic E-state index is 0.104. The van der Waals surface area contributed by atoms with Crippen LogP contribution in [0.25, 0.3) is 0 Å². The summed E-state index contributed by atoms with van der Waals surface area (Å²) in [5.74, 6) is 0.638. The summed E-state index contributed by atoms with van der Waals surface area (Å²) in [5.41, 5.74) is 0.697. The maximum absolute atomic E-state index is 11.5. The number of primary sulfonamides is 1. The van der Waals surface area contributed by atoms with Crippen LogP contribution < -0.4 is 15.2 Å². The van der Waals surface area contributed by atoms with Crippen molar-refractivity contribution in [3.63, 3.8) is 0 Å². The Kier molecular flexibility index (Phi) is 3.81. The zero-order valence-corrected chi connectivity index (χ0v) is 12.9. The molecule has 0 radical (unpaired) electrons. The van der Waals surface area contributed by atoms with Crippen molar-refractivity contribution in [1.82, 2.24) is 4.90 Å². The summed E-state index contributed by atoms with van der Waals surface area (Å²) in [6, 6.07) is 5.54. The van der Waals surface area contributed by atoms with Crippen molar-refractivity contribution in [3.8, 4) is 5.75 Å². The first-order chi connectivity index (χ1) is 9.99. The molecule has 116 valence electrons. The normalized spacial score (nSPS) is 25.8. The molecule has 2 unspecified atom stereocenters. The Bertz CT molecular complexity index is 632. The average molecular weight is 311 g/mol. The van der Waals surface area contributed by atoms with Gasteiger partial charge < -0.3 is 10.1 Å². The lowest BCUT2D eigenvalue weighted by atomic mass is 10.1. The number of fused-ring (bicyclic) bond motifs is 1. The van der Waals surface area contributed by atoms with E-state index in [-0.39, 0.29) is 4.90 Å². The average Bonchev–Trinajstić information content (AvgIpc) is 3.02. The molecule has 0 amide bonds. The van der Waals surface area contributed by atoms with Crippen molar-refractivity contribution >= 4 is 15.7 Å². The van der Waals surface area contributed by atoms with Gasteiger partial charge >= 0.3 is 0 Å². The van der Waals surface area contributed by atoms with E-state index in [1.54, 1.807) is 19.2 Å². The number of hydrogen-bond donors (Lipinski definition) is 2. The first kappa shape index (κ1) is 14.6. The maximum Gasteiger partial charge on any atom is 0.238 e. The molecule has 6 nitrogen and oxygen atoms in total. The van der Waals surface area contributed by atoms with Gasteiger partial charge in [0.25, 0.3) is 0 Å². The summed E-state index contributed by atoms with van der Waals surface area (Å²) < 4.78 is 28.3. The minimum Gasteiger partial charge on any atom is -0.495 e. The number of ether oxygens (including phenoxy) is 1. The van der Waals surface area contributed by atoms with E-state index in [4.69, 9.17) is 9.88 Å². The molecule has 2 aliphatic heterocycles. The molecule has 21 heavy (non-hydrogen) atoms. The summed E-state index contributed by atoms with van der Waals surface area (Å²) in [6.07, 6.45) is 3.49. The molecule has 0 bridgehead atoms. The Morgan fingerprint density at radius 2 is 2.14 bits per heavy atom. The molecular formula is C14H21N3O3S. The highest BCUT2D eigenvalue weighted by Gasteiger charge is 2.37. The van der Waals surface area contributed by atoms with Gasteiger partial charge in [0.1, 0.15) is 5.75 Å². The number of rotatable bonds is 4. The van der Waals surface area contributed by atoms with Crippen LogP contribution in [0.3, 0.4) is 0 Å². The van der Waals surface area contributed by atoms with Crippen LogP contribution in [-0.2, 0) is 10.0 Å². The van der Waals surface area contributed by atoms with Crippen molar-refractivity contribution in [2.75, 3.05) is 25.5 Å². The molecule has 0 aliphatic carbocycles. The van der Waals surface area contributed by atoms with E-state index in [1.165, 1.54) is 18.9 Å². The molecule has 2 fully saturated rings. The maximum atomic E-state index is 11.5. The van der Waals surface area contributed by atoms with Gasteiger partial charge in [-0.2, -0.15) is 0 Å². The number of anilines is 1. The third-order valence-electron chi connectivity index (χ3n) is 4.45. The first-order valence-electron chi connectivity index (χ1n) is 7.20. The Morgan fingerprint density at radius 3 is 2.86 bits per heavy atom. The highest BCUT2D eigenvalue weighted by Crippen LogP contribution is 2.33. The summed E-state index contributed by atoms with van der Waals surface area (Å²) in [4.78, 5) is 2.60.